The molecule has 4 heteroatoms. The summed E-state index contributed by atoms with van der Waals surface area (Å²) in [6.07, 6.45) is 5.10. The third-order valence-electron chi connectivity index (χ3n) is 5.58. The van der Waals surface area contributed by atoms with Gasteiger partial charge >= 0.3 is 0 Å². The van der Waals surface area contributed by atoms with Gasteiger partial charge in [0, 0.05) is 19.1 Å². The molecule has 4 nitrogen and oxygen atoms in total. The molecule has 1 aromatic carbocycles. The zero-order valence-corrected chi connectivity index (χ0v) is 14.9. The minimum Gasteiger partial charge on any atom is -0.360 e. The fourth-order valence-corrected chi connectivity index (χ4v) is 3.85. The lowest BCUT2D eigenvalue weighted by Crippen LogP contribution is -2.55. The molecule has 0 spiro atoms. The summed E-state index contributed by atoms with van der Waals surface area (Å²) in [5.74, 6) is 0.0908. The van der Waals surface area contributed by atoms with Crippen molar-refractivity contribution in [2.75, 3.05) is 13.1 Å². The number of likely N-dealkylation sites (tertiary alicyclic amines) is 1. The van der Waals surface area contributed by atoms with E-state index in [-0.39, 0.29) is 23.5 Å². The zero-order valence-electron chi connectivity index (χ0n) is 14.9. The second-order valence-corrected chi connectivity index (χ2v) is 7.98. The SMILES string of the molecule is CC1(C)CN(C(=O)C(OC2CCCC2)c2ccccc2)CCC1N. The maximum atomic E-state index is 13.2. The Morgan fingerprint density at radius 1 is 1.21 bits per heavy atom. The highest BCUT2D eigenvalue weighted by Crippen LogP contribution is 2.33. The molecule has 0 radical (unpaired) electrons. The van der Waals surface area contributed by atoms with E-state index in [4.69, 9.17) is 10.5 Å². The topological polar surface area (TPSA) is 55.6 Å². The number of carbonyl (C=O) groups excluding carboxylic acids is 1. The molecule has 1 aromatic rings. The van der Waals surface area contributed by atoms with Crippen LogP contribution < -0.4 is 5.73 Å². The summed E-state index contributed by atoms with van der Waals surface area (Å²) in [6.45, 7) is 5.71. The smallest absolute Gasteiger partial charge is 0.256 e. The van der Waals surface area contributed by atoms with Gasteiger partial charge in [-0.1, -0.05) is 57.0 Å². The van der Waals surface area contributed by atoms with Crippen molar-refractivity contribution < 1.29 is 9.53 Å². The average molecular weight is 330 g/mol. The summed E-state index contributed by atoms with van der Waals surface area (Å²) in [7, 11) is 0. The van der Waals surface area contributed by atoms with Crippen LogP contribution in [0.3, 0.4) is 0 Å². The molecule has 1 saturated carbocycles. The standard InChI is InChI=1S/C20H30N2O2/c1-20(2)14-22(13-12-17(20)21)19(23)18(15-8-4-3-5-9-15)24-16-10-6-7-11-16/h3-5,8-9,16-18H,6-7,10-14,21H2,1-2H3. The van der Waals surface area contributed by atoms with Crippen molar-refractivity contribution in [2.24, 2.45) is 11.1 Å². The van der Waals surface area contributed by atoms with Gasteiger partial charge in [-0.05, 0) is 30.2 Å². The van der Waals surface area contributed by atoms with Crippen LogP contribution in [-0.4, -0.2) is 36.0 Å². The molecule has 1 amide bonds. The molecule has 1 aliphatic heterocycles. The van der Waals surface area contributed by atoms with Gasteiger partial charge in [-0.2, -0.15) is 0 Å². The highest BCUT2D eigenvalue weighted by atomic mass is 16.5. The van der Waals surface area contributed by atoms with Crippen molar-refractivity contribution in [2.45, 2.75) is 64.2 Å². The van der Waals surface area contributed by atoms with E-state index in [2.05, 4.69) is 13.8 Å². The van der Waals surface area contributed by atoms with E-state index >= 15 is 0 Å². The number of rotatable bonds is 4. The van der Waals surface area contributed by atoms with E-state index in [0.717, 1.165) is 31.4 Å². The molecule has 2 N–H and O–H groups in total. The van der Waals surface area contributed by atoms with Crippen LogP contribution >= 0.6 is 0 Å². The highest BCUT2D eigenvalue weighted by Gasteiger charge is 2.38. The van der Waals surface area contributed by atoms with Gasteiger partial charge in [-0.15, -0.1) is 0 Å². The van der Waals surface area contributed by atoms with E-state index in [0.29, 0.717) is 6.54 Å². The first-order valence-corrected chi connectivity index (χ1v) is 9.22. The number of carbonyl (C=O) groups is 1. The van der Waals surface area contributed by atoms with Crippen molar-refractivity contribution in [1.29, 1.82) is 0 Å². The molecule has 3 rings (SSSR count). The van der Waals surface area contributed by atoms with Crippen LogP contribution in [0.15, 0.2) is 30.3 Å². The number of hydrogen-bond acceptors (Lipinski definition) is 3. The minimum absolute atomic E-state index is 0.0531. The highest BCUT2D eigenvalue weighted by molar-refractivity contribution is 5.82. The van der Waals surface area contributed by atoms with Crippen molar-refractivity contribution >= 4 is 5.91 Å². The molecule has 2 unspecified atom stereocenters. The fourth-order valence-electron chi connectivity index (χ4n) is 3.85. The predicted molar refractivity (Wildman–Crippen MR) is 95.5 cm³/mol. The Morgan fingerprint density at radius 3 is 2.50 bits per heavy atom. The summed E-state index contributed by atoms with van der Waals surface area (Å²) in [6, 6.07) is 10.1. The van der Waals surface area contributed by atoms with Gasteiger partial charge in [-0.25, -0.2) is 0 Å². The molecule has 1 aliphatic carbocycles. The second-order valence-electron chi connectivity index (χ2n) is 7.98. The molecule has 2 fully saturated rings. The molecule has 2 atom stereocenters. The van der Waals surface area contributed by atoms with E-state index in [1.807, 2.05) is 35.2 Å². The Kier molecular flexibility index (Phi) is 5.26. The van der Waals surface area contributed by atoms with Crippen LogP contribution in [0.1, 0.15) is 57.6 Å². The first kappa shape index (κ1) is 17.4. The number of benzene rings is 1. The first-order valence-electron chi connectivity index (χ1n) is 9.22. The number of ether oxygens (including phenoxy) is 1. The minimum atomic E-state index is -0.487. The molecule has 132 valence electrons. The van der Waals surface area contributed by atoms with Gasteiger partial charge in [0.15, 0.2) is 6.10 Å². The van der Waals surface area contributed by atoms with Crippen molar-refractivity contribution in [1.82, 2.24) is 4.90 Å². The van der Waals surface area contributed by atoms with Crippen LogP contribution in [0.2, 0.25) is 0 Å². The summed E-state index contributed by atoms with van der Waals surface area (Å²) < 4.78 is 6.29. The van der Waals surface area contributed by atoms with Gasteiger partial charge in [0.2, 0.25) is 0 Å². The van der Waals surface area contributed by atoms with E-state index in [9.17, 15) is 4.79 Å². The van der Waals surface area contributed by atoms with Crippen LogP contribution in [0.4, 0.5) is 0 Å². The van der Waals surface area contributed by atoms with Gasteiger partial charge in [0.1, 0.15) is 0 Å². The molecular weight excluding hydrogens is 300 g/mol. The Hall–Kier alpha value is -1.39. The number of nitrogens with zero attached hydrogens (tertiary/aromatic N) is 1. The Balaban J connectivity index is 1.78. The first-order chi connectivity index (χ1) is 11.5. The molecule has 0 aromatic heterocycles. The van der Waals surface area contributed by atoms with Crippen LogP contribution in [-0.2, 0) is 9.53 Å². The number of nitrogens with two attached hydrogens (primary N) is 1. The fraction of sp³-hybridized carbons (Fsp3) is 0.650. The van der Waals surface area contributed by atoms with Gasteiger partial charge in [0.05, 0.1) is 6.10 Å². The normalized spacial score (nSPS) is 25.6. The third-order valence-corrected chi connectivity index (χ3v) is 5.58. The molecule has 1 saturated heterocycles. The maximum Gasteiger partial charge on any atom is 0.256 e. The molecule has 1 heterocycles. The van der Waals surface area contributed by atoms with Crippen LogP contribution in [0, 0.1) is 5.41 Å². The largest absolute Gasteiger partial charge is 0.360 e. The lowest BCUT2D eigenvalue weighted by Gasteiger charge is -2.43. The third kappa shape index (κ3) is 3.81. The lowest BCUT2D eigenvalue weighted by molar-refractivity contribution is -0.151. The lowest BCUT2D eigenvalue weighted by atomic mass is 9.79. The van der Waals surface area contributed by atoms with Crippen LogP contribution in [0.5, 0.6) is 0 Å². The van der Waals surface area contributed by atoms with Gasteiger partial charge in [0.25, 0.3) is 5.91 Å². The van der Waals surface area contributed by atoms with Crippen molar-refractivity contribution in [3.05, 3.63) is 35.9 Å². The molecule has 0 bridgehead atoms. The number of piperidine rings is 1. The van der Waals surface area contributed by atoms with E-state index in [1.54, 1.807) is 0 Å². The predicted octanol–water partition coefficient (Wildman–Crippen LogP) is 3.27. The monoisotopic (exact) mass is 330 g/mol. The van der Waals surface area contributed by atoms with E-state index < -0.39 is 6.10 Å². The van der Waals surface area contributed by atoms with Crippen LogP contribution in [0.25, 0.3) is 0 Å². The molecule has 24 heavy (non-hydrogen) atoms. The van der Waals surface area contributed by atoms with Crippen molar-refractivity contribution in [3.8, 4) is 0 Å². The zero-order chi connectivity index (χ0) is 17.2. The van der Waals surface area contributed by atoms with Gasteiger partial charge in [-0.3, -0.25) is 4.79 Å². The number of hydrogen-bond donors (Lipinski definition) is 1. The van der Waals surface area contributed by atoms with Gasteiger partial charge < -0.3 is 15.4 Å². The summed E-state index contributed by atoms with van der Waals surface area (Å²) >= 11 is 0. The molecule has 2 aliphatic rings. The van der Waals surface area contributed by atoms with E-state index in [1.165, 1.54) is 12.8 Å². The molecular formula is C20H30N2O2. The summed E-state index contributed by atoms with van der Waals surface area (Å²) in [4.78, 5) is 15.2. The Bertz CT molecular complexity index is 552. The number of amides is 1. The Morgan fingerprint density at radius 2 is 1.88 bits per heavy atom. The summed E-state index contributed by atoms with van der Waals surface area (Å²) in [5.41, 5.74) is 7.13. The maximum absolute atomic E-state index is 13.2. The Labute approximate surface area is 145 Å². The quantitative estimate of drug-likeness (QED) is 0.922. The average Bonchev–Trinajstić information content (AvgIpc) is 3.08. The second kappa shape index (κ2) is 7.24. The van der Waals surface area contributed by atoms with Crippen molar-refractivity contribution in [3.63, 3.8) is 0 Å². The summed E-state index contributed by atoms with van der Waals surface area (Å²) in [5, 5.41) is 0.